The first-order valence-corrected chi connectivity index (χ1v) is 11.1. The molecule has 1 aliphatic carbocycles. The number of aryl methyl sites for hydroxylation is 1. The highest BCUT2D eigenvalue weighted by Gasteiger charge is 2.58. The van der Waals surface area contributed by atoms with Gasteiger partial charge in [0.1, 0.15) is 23.2 Å². The molecule has 164 valence electrons. The van der Waals surface area contributed by atoms with Crippen LogP contribution >= 0.6 is 23.4 Å². The third-order valence-corrected chi connectivity index (χ3v) is 7.06. The van der Waals surface area contributed by atoms with Crippen LogP contribution in [0.15, 0.2) is 47.4 Å². The summed E-state index contributed by atoms with van der Waals surface area (Å²) < 4.78 is 20.4. The van der Waals surface area contributed by atoms with Crippen LogP contribution in [0.25, 0.3) is 11.0 Å². The number of ether oxygens (including phenoxy) is 1. The minimum absolute atomic E-state index is 0.321. The van der Waals surface area contributed by atoms with Gasteiger partial charge < -0.3 is 15.8 Å². The summed E-state index contributed by atoms with van der Waals surface area (Å²) in [6.45, 7) is 4.06. The van der Waals surface area contributed by atoms with Crippen LogP contribution < -0.4 is 11.1 Å². The SMILES string of the molecule is COC[C@]12C=C1[C@@](C)(c1cc(Nc3ncnc4cc(Cl)cnc34)cc(C)c1F)N=C(N)S2. The van der Waals surface area contributed by atoms with Gasteiger partial charge in [-0.15, -0.1) is 0 Å². The lowest BCUT2D eigenvalue weighted by Crippen LogP contribution is -2.37. The molecule has 0 saturated carbocycles. The molecule has 10 heteroatoms. The number of hydrogen-bond acceptors (Lipinski definition) is 8. The van der Waals surface area contributed by atoms with E-state index in [0.29, 0.717) is 50.5 Å². The van der Waals surface area contributed by atoms with E-state index in [2.05, 4.69) is 31.3 Å². The highest BCUT2D eigenvalue weighted by Crippen LogP contribution is 2.60. The molecule has 2 atom stereocenters. The van der Waals surface area contributed by atoms with Gasteiger partial charge in [-0.25, -0.2) is 24.3 Å². The van der Waals surface area contributed by atoms with E-state index in [4.69, 9.17) is 22.1 Å². The third kappa shape index (κ3) is 3.32. The predicted octanol–water partition coefficient (Wildman–Crippen LogP) is 4.47. The number of fused-ring (bicyclic) bond motifs is 2. The van der Waals surface area contributed by atoms with E-state index in [-0.39, 0.29) is 10.6 Å². The fourth-order valence-corrected chi connectivity index (χ4v) is 5.65. The van der Waals surface area contributed by atoms with E-state index in [9.17, 15) is 0 Å². The van der Waals surface area contributed by atoms with E-state index in [1.54, 1.807) is 32.2 Å². The summed E-state index contributed by atoms with van der Waals surface area (Å²) in [6, 6.07) is 5.18. The molecule has 0 saturated heterocycles. The molecule has 2 aromatic heterocycles. The first kappa shape index (κ1) is 21.1. The van der Waals surface area contributed by atoms with Gasteiger partial charge in [0.25, 0.3) is 0 Å². The quantitative estimate of drug-likeness (QED) is 0.531. The number of amidine groups is 1. The van der Waals surface area contributed by atoms with Crippen LogP contribution in [0.5, 0.6) is 0 Å². The number of anilines is 2. The molecule has 1 aliphatic heterocycles. The lowest BCUT2D eigenvalue weighted by molar-refractivity contribution is 0.196. The van der Waals surface area contributed by atoms with Crippen molar-refractivity contribution in [2.75, 3.05) is 19.0 Å². The Bertz CT molecular complexity index is 1330. The Balaban J connectivity index is 1.58. The maximum atomic E-state index is 15.4. The van der Waals surface area contributed by atoms with Gasteiger partial charge in [0.2, 0.25) is 0 Å². The number of nitrogens with two attached hydrogens (primary N) is 1. The number of methoxy groups -OCH3 is 1. The Morgan fingerprint density at radius 3 is 2.84 bits per heavy atom. The molecule has 0 radical (unpaired) electrons. The van der Waals surface area contributed by atoms with Gasteiger partial charge in [0.05, 0.1) is 21.9 Å². The van der Waals surface area contributed by atoms with Gasteiger partial charge in [-0.05, 0) is 43.2 Å². The number of rotatable bonds is 5. The van der Waals surface area contributed by atoms with Crippen molar-refractivity contribution < 1.29 is 9.13 Å². The molecule has 1 aromatic carbocycles. The first-order chi connectivity index (χ1) is 15.3. The predicted molar refractivity (Wildman–Crippen MR) is 126 cm³/mol. The maximum absolute atomic E-state index is 15.4. The summed E-state index contributed by atoms with van der Waals surface area (Å²) in [7, 11) is 1.64. The summed E-state index contributed by atoms with van der Waals surface area (Å²) >= 11 is 7.47. The zero-order valence-corrected chi connectivity index (χ0v) is 19.2. The van der Waals surface area contributed by atoms with Crippen molar-refractivity contribution in [3.8, 4) is 0 Å². The van der Waals surface area contributed by atoms with Gasteiger partial charge in [0, 0.05) is 24.6 Å². The minimum atomic E-state index is -0.931. The van der Waals surface area contributed by atoms with Gasteiger partial charge in [-0.1, -0.05) is 29.4 Å². The summed E-state index contributed by atoms with van der Waals surface area (Å²) in [5, 5.41) is 4.14. The average molecular weight is 471 g/mol. The maximum Gasteiger partial charge on any atom is 0.160 e. The lowest BCUT2D eigenvalue weighted by Gasteiger charge is -2.34. The standard InChI is InChI=1S/C22H20ClFN6OS/c1-11-4-13(29-19-18-15(27-10-28-19)5-12(23)8-26-18)6-14(17(11)24)21(2)16-7-22(16,9-31-3)32-20(25)30-21/h4-8,10H,9H2,1-3H3,(H2,25,30)(H,27,28,29)/t21-,22-/m1/s1. The normalized spacial score (nSPS) is 24.0. The topological polar surface area (TPSA) is 98.3 Å². The van der Waals surface area contributed by atoms with E-state index in [0.717, 1.165) is 5.57 Å². The van der Waals surface area contributed by atoms with Crippen molar-refractivity contribution in [3.05, 3.63) is 64.3 Å². The number of nitrogens with zero attached hydrogens (tertiary/aromatic N) is 4. The Hall–Kier alpha value is -2.75. The molecule has 0 spiro atoms. The van der Waals surface area contributed by atoms with Gasteiger partial charge in [-0.2, -0.15) is 0 Å². The Labute approximate surface area is 193 Å². The summed E-state index contributed by atoms with van der Waals surface area (Å²) in [4.78, 5) is 17.5. The van der Waals surface area contributed by atoms with Crippen LogP contribution in [0.1, 0.15) is 18.1 Å². The molecular weight excluding hydrogens is 451 g/mol. The Morgan fingerprint density at radius 1 is 1.25 bits per heavy atom. The van der Waals surface area contributed by atoms with Crippen LogP contribution in [0.2, 0.25) is 5.02 Å². The van der Waals surface area contributed by atoms with Gasteiger partial charge >= 0.3 is 0 Å². The minimum Gasteiger partial charge on any atom is -0.383 e. The summed E-state index contributed by atoms with van der Waals surface area (Å²) in [5.41, 5.74) is 8.95. The second-order valence-corrected chi connectivity index (χ2v) is 9.82. The zero-order chi connectivity index (χ0) is 22.7. The molecule has 3 N–H and O–H groups in total. The van der Waals surface area contributed by atoms with Crippen LogP contribution in [0, 0.1) is 12.7 Å². The zero-order valence-electron chi connectivity index (χ0n) is 17.6. The van der Waals surface area contributed by atoms with Crippen LogP contribution in [0.4, 0.5) is 15.9 Å². The smallest absolute Gasteiger partial charge is 0.160 e. The van der Waals surface area contributed by atoms with Crippen LogP contribution in [0.3, 0.4) is 0 Å². The second-order valence-electron chi connectivity index (χ2n) is 8.03. The second kappa shape index (κ2) is 7.40. The van der Waals surface area contributed by atoms with Gasteiger partial charge in [-0.3, -0.25) is 0 Å². The number of hydrogen-bond donors (Lipinski definition) is 2. The highest BCUT2D eigenvalue weighted by molar-refractivity contribution is 8.15. The summed E-state index contributed by atoms with van der Waals surface area (Å²) in [6.07, 6.45) is 5.02. The average Bonchev–Trinajstić information content (AvgIpc) is 3.45. The fourth-order valence-electron chi connectivity index (χ4n) is 4.24. The largest absolute Gasteiger partial charge is 0.383 e. The number of pyridine rings is 1. The van der Waals surface area contributed by atoms with E-state index >= 15 is 4.39 Å². The van der Waals surface area contributed by atoms with Gasteiger partial charge in [0.15, 0.2) is 11.0 Å². The highest BCUT2D eigenvalue weighted by atomic mass is 35.5. The number of benzene rings is 1. The molecule has 7 nitrogen and oxygen atoms in total. The van der Waals surface area contributed by atoms with E-state index < -0.39 is 5.54 Å². The number of thioether (sulfide) groups is 1. The van der Waals surface area contributed by atoms with Crippen molar-refractivity contribution >= 4 is 51.1 Å². The van der Waals surface area contributed by atoms with Crippen molar-refractivity contribution in [3.63, 3.8) is 0 Å². The summed E-state index contributed by atoms with van der Waals surface area (Å²) in [5.74, 6) is 0.174. The number of aliphatic imine (C=N–C) groups is 1. The number of halogens is 2. The van der Waals surface area contributed by atoms with Crippen molar-refractivity contribution in [1.82, 2.24) is 15.0 Å². The molecular formula is C22H20ClFN6OS. The molecule has 3 aromatic rings. The number of aromatic nitrogens is 3. The molecule has 3 heterocycles. The van der Waals surface area contributed by atoms with Crippen molar-refractivity contribution in [2.45, 2.75) is 24.1 Å². The monoisotopic (exact) mass is 470 g/mol. The Kier molecular flexibility index (Phi) is 4.88. The van der Waals surface area contributed by atoms with E-state index in [1.807, 2.05) is 6.92 Å². The van der Waals surface area contributed by atoms with E-state index in [1.165, 1.54) is 24.3 Å². The first-order valence-electron chi connectivity index (χ1n) is 9.87. The lowest BCUT2D eigenvalue weighted by atomic mass is 9.85. The van der Waals surface area contributed by atoms with Crippen LogP contribution in [-0.4, -0.2) is 38.6 Å². The molecule has 5 rings (SSSR count). The fraction of sp³-hybridized carbons (Fsp3) is 0.273. The molecule has 0 unspecified atom stereocenters. The Morgan fingerprint density at radius 2 is 2.06 bits per heavy atom. The molecule has 32 heavy (non-hydrogen) atoms. The molecule has 2 aliphatic rings. The third-order valence-electron chi connectivity index (χ3n) is 5.74. The van der Waals surface area contributed by atoms with Crippen LogP contribution in [-0.2, 0) is 10.3 Å². The molecule has 0 fully saturated rings. The van der Waals surface area contributed by atoms with Crippen molar-refractivity contribution in [1.29, 1.82) is 0 Å². The van der Waals surface area contributed by atoms with Crippen molar-refractivity contribution in [2.24, 2.45) is 10.7 Å². The molecule has 0 bridgehead atoms. The number of nitrogens with one attached hydrogen (secondary N) is 1. The molecule has 0 amide bonds.